The Labute approximate surface area is 118 Å². The number of ether oxygens (including phenoxy) is 1. The molecule has 0 bridgehead atoms. The molecule has 1 aromatic heterocycles. The molecule has 19 heavy (non-hydrogen) atoms. The SMILES string of the molecule is COC(=O)NNC(=O)[CH]1CC=[N][In]1[c]1cccnc1. The molecule has 1 atom stereocenters. The van der Waals surface area contributed by atoms with E-state index in [2.05, 4.69) is 23.6 Å². The van der Waals surface area contributed by atoms with Crippen LogP contribution in [0.1, 0.15) is 6.42 Å². The quantitative estimate of drug-likeness (QED) is 0.693. The molecule has 2 amide bonds. The van der Waals surface area contributed by atoms with Crippen LogP contribution in [0.5, 0.6) is 0 Å². The van der Waals surface area contributed by atoms with Gasteiger partial charge < -0.3 is 0 Å². The zero-order valence-electron chi connectivity index (χ0n) is 10.4. The molecule has 1 aliphatic rings. The van der Waals surface area contributed by atoms with Crippen LogP contribution in [-0.2, 0) is 9.53 Å². The summed E-state index contributed by atoms with van der Waals surface area (Å²) in [6.45, 7) is 0. The number of carbonyl (C=O) groups excluding carboxylic acids is 2. The number of hydrogen-bond donors (Lipinski definition) is 2. The molecule has 98 valence electrons. The van der Waals surface area contributed by atoms with Gasteiger partial charge in [-0.15, -0.1) is 0 Å². The van der Waals surface area contributed by atoms with E-state index in [-0.39, 0.29) is 9.58 Å². The molecule has 0 saturated carbocycles. The van der Waals surface area contributed by atoms with Gasteiger partial charge in [0.05, 0.1) is 0 Å². The fraction of sp³-hybridized carbons (Fsp3) is 0.273. The van der Waals surface area contributed by atoms with Crippen molar-refractivity contribution in [3.63, 3.8) is 0 Å². The topological polar surface area (TPSA) is 92.7 Å². The van der Waals surface area contributed by atoms with E-state index < -0.39 is 27.8 Å². The van der Waals surface area contributed by atoms with E-state index in [0.29, 0.717) is 6.42 Å². The number of methoxy groups -OCH3 is 1. The van der Waals surface area contributed by atoms with Crippen molar-refractivity contribution in [3.05, 3.63) is 24.5 Å². The van der Waals surface area contributed by atoms with E-state index in [9.17, 15) is 9.59 Å². The van der Waals surface area contributed by atoms with Crippen LogP contribution in [0.4, 0.5) is 4.79 Å². The van der Waals surface area contributed by atoms with Gasteiger partial charge in [0, 0.05) is 0 Å². The number of carbonyl (C=O) groups is 2. The number of hydrogen-bond acceptors (Lipinski definition) is 5. The van der Waals surface area contributed by atoms with Gasteiger partial charge >= 0.3 is 118 Å². The Morgan fingerprint density at radius 1 is 1.47 bits per heavy atom. The third-order valence-electron chi connectivity index (χ3n) is 2.84. The molecule has 0 spiro atoms. The first-order valence-corrected chi connectivity index (χ1v) is 10.8. The molecule has 2 rings (SSSR count). The molecule has 0 aliphatic carbocycles. The van der Waals surface area contributed by atoms with Gasteiger partial charge in [0.2, 0.25) is 0 Å². The van der Waals surface area contributed by atoms with Crippen molar-refractivity contribution in [3.8, 4) is 0 Å². The number of nitrogens with one attached hydrogen (secondary N) is 2. The molecule has 0 radical (unpaired) electrons. The van der Waals surface area contributed by atoms with Gasteiger partial charge in [-0.2, -0.15) is 0 Å². The van der Waals surface area contributed by atoms with Crippen LogP contribution in [0.25, 0.3) is 0 Å². The number of amides is 2. The average molecular weight is 364 g/mol. The van der Waals surface area contributed by atoms with E-state index in [1.165, 1.54) is 7.11 Å². The molecular formula is C11H13InN4O3. The minimum absolute atomic E-state index is 0.150. The van der Waals surface area contributed by atoms with Crippen molar-refractivity contribution >= 4 is 43.3 Å². The van der Waals surface area contributed by atoms with Gasteiger partial charge in [-0.05, 0) is 0 Å². The summed E-state index contributed by atoms with van der Waals surface area (Å²) in [4.78, 5) is 27.0. The maximum absolute atomic E-state index is 12.0. The fourth-order valence-corrected chi connectivity index (χ4v) is 9.00. The number of nitrogens with zero attached hydrogens (tertiary/aromatic N) is 2. The normalized spacial score (nSPS) is 17.1. The van der Waals surface area contributed by atoms with E-state index in [1.54, 1.807) is 18.6 Å². The Bertz CT molecular complexity index is 494. The van der Waals surface area contributed by atoms with Gasteiger partial charge in [-0.25, -0.2) is 0 Å². The number of pyridine rings is 1. The van der Waals surface area contributed by atoms with Crippen LogP contribution in [0, 0.1) is 0 Å². The van der Waals surface area contributed by atoms with E-state index in [4.69, 9.17) is 0 Å². The molecule has 0 saturated heterocycles. The molecule has 1 unspecified atom stereocenters. The van der Waals surface area contributed by atoms with Crippen molar-refractivity contribution in [2.75, 3.05) is 7.11 Å². The molecule has 2 heterocycles. The molecule has 2 N–H and O–H groups in total. The Morgan fingerprint density at radius 3 is 3.00 bits per heavy atom. The van der Waals surface area contributed by atoms with Crippen molar-refractivity contribution in [1.29, 1.82) is 0 Å². The summed E-state index contributed by atoms with van der Waals surface area (Å²) in [6.07, 6.45) is 5.19. The second-order valence-corrected chi connectivity index (χ2v) is 11.6. The Morgan fingerprint density at radius 2 is 2.32 bits per heavy atom. The zero-order valence-corrected chi connectivity index (χ0v) is 13.7. The van der Waals surface area contributed by atoms with Crippen LogP contribution >= 0.6 is 0 Å². The standard InChI is InChI=1S/C6H9N3O3.C5H4N.In/c1-12-6(11)9-8-5(10)3-2-4-7;1-2-4-6-5-3-1;/h3-4H,2H2,1H3,(H,8,10)(H,9,11);1-2,4-5H;/q-1;;+1. The van der Waals surface area contributed by atoms with Gasteiger partial charge in [0.1, 0.15) is 0 Å². The molecule has 8 heteroatoms. The minimum atomic E-state index is -2.55. The van der Waals surface area contributed by atoms with Crippen molar-refractivity contribution in [1.82, 2.24) is 15.8 Å². The first-order chi connectivity index (χ1) is 9.22. The average Bonchev–Trinajstić information content (AvgIpc) is 2.94. The summed E-state index contributed by atoms with van der Waals surface area (Å²) in [5.41, 5.74) is 4.55. The van der Waals surface area contributed by atoms with Crippen molar-refractivity contribution < 1.29 is 14.3 Å². The monoisotopic (exact) mass is 364 g/mol. The van der Waals surface area contributed by atoms with Gasteiger partial charge in [0.25, 0.3) is 0 Å². The first-order valence-electron chi connectivity index (χ1n) is 5.77. The molecule has 0 aromatic carbocycles. The van der Waals surface area contributed by atoms with Crippen molar-refractivity contribution in [2.45, 2.75) is 10.1 Å². The summed E-state index contributed by atoms with van der Waals surface area (Å²) >= 11 is -2.55. The number of aromatic nitrogens is 1. The Kier molecular flexibility index (Phi) is 4.78. The second kappa shape index (κ2) is 6.55. The van der Waals surface area contributed by atoms with E-state index in [0.717, 1.165) is 3.32 Å². The second-order valence-electron chi connectivity index (χ2n) is 4.01. The maximum atomic E-state index is 12.0. The molecule has 0 fully saturated rings. The summed E-state index contributed by atoms with van der Waals surface area (Å²) < 4.78 is 9.81. The van der Waals surface area contributed by atoms with Crippen LogP contribution < -0.4 is 14.2 Å². The Balaban J connectivity index is 2.00. The predicted molar refractivity (Wildman–Crippen MR) is 70.2 cm³/mol. The van der Waals surface area contributed by atoms with Gasteiger partial charge in [-0.1, -0.05) is 0 Å². The van der Waals surface area contributed by atoms with Gasteiger partial charge in [-0.3, -0.25) is 0 Å². The number of hydrazine groups is 1. The molecule has 7 nitrogen and oxygen atoms in total. The van der Waals surface area contributed by atoms with Crippen LogP contribution in [0.2, 0.25) is 3.67 Å². The summed E-state index contributed by atoms with van der Waals surface area (Å²) in [5.74, 6) is -0.215. The van der Waals surface area contributed by atoms with Gasteiger partial charge in [0.15, 0.2) is 0 Å². The first kappa shape index (κ1) is 13.9. The van der Waals surface area contributed by atoms with Crippen LogP contribution in [-0.4, -0.2) is 52.0 Å². The summed E-state index contributed by atoms with van der Waals surface area (Å²) in [6, 6.07) is 3.81. The van der Waals surface area contributed by atoms with Crippen LogP contribution in [0.15, 0.2) is 27.5 Å². The fourth-order valence-electron chi connectivity index (χ4n) is 1.90. The molecular weight excluding hydrogens is 351 g/mol. The third-order valence-corrected chi connectivity index (χ3v) is 11.1. The Hall–Kier alpha value is -1.57. The molecule has 1 aliphatic heterocycles. The number of rotatable bonds is 2. The third kappa shape index (κ3) is 3.46. The summed E-state index contributed by atoms with van der Waals surface area (Å²) in [7, 11) is 1.23. The predicted octanol–water partition coefficient (Wildman–Crippen LogP) is -0.488. The van der Waals surface area contributed by atoms with Crippen molar-refractivity contribution in [2.24, 2.45) is 2.98 Å². The van der Waals surface area contributed by atoms with E-state index >= 15 is 0 Å². The molecule has 1 aromatic rings. The zero-order chi connectivity index (χ0) is 13.7. The van der Waals surface area contributed by atoms with E-state index in [1.807, 2.05) is 12.1 Å². The van der Waals surface area contributed by atoms with Crippen LogP contribution in [0.3, 0.4) is 0 Å². The summed E-state index contributed by atoms with van der Waals surface area (Å²) in [5, 5.41) is 0.